The normalized spacial score (nSPS) is 13.7. The van der Waals surface area contributed by atoms with E-state index in [1.54, 1.807) is 43.4 Å². The van der Waals surface area contributed by atoms with Gasteiger partial charge in [0.15, 0.2) is 0 Å². The molecule has 1 aliphatic heterocycles. The minimum atomic E-state index is -0.384. The Morgan fingerprint density at radius 2 is 1.57 bits per heavy atom. The van der Waals surface area contributed by atoms with Crippen molar-refractivity contribution in [1.82, 2.24) is 9.55 Å². The quantitative estimate of drug-likeness (QED) is 0.642. The summed E-state index contributed by atoms with van der Waals surface area (Å²) in [5.74, 6) is -0.767. The summed E-state index contributed by atoms with van der Waals surface area (Å²) in [6.07, 6.45) is 1.44. The number of benzene rings is 2. The van der Waals surface area contributed by atoms with Gasteiger partial charge in [-0.2, -0.15) is 0 Å². The fraction of sp³-hybridized carbons (Fsp3) is 0.0588. The first-order chi connectivity index (χ1) is 11.1. The molecule has 1 aliphatic rings. The van der Waals surface area contributed by atoms with Crippen molar-refractivity contribution in [2.75, 3.05) is 4.90 Å². The van der Waals surface area contributed by atoms with E-state index in [0.717, 1.165) is 4.90 Å². The van der Waals surface area contributed by atoms with Crippen LogP contribution in [-0.4, -0.2) is 21.4 Å². The molecule has 0 saturated carbocycles. The van der Waals surface area contributed by atoms with Gasteiger partial charge >= 0.3 is 0 Å². The van der Waals surface area contributed by atoms with Crippen LogP contribution >= 0.6 is 0 Å². The number of hydrogen-bond donors (Lipinski definition) is 0. The molecular weight excluding hydrogens is 294 g/mol. The Balaban J connectivity index is 1.91. The van der Waals surface area contributed by atoms with E-state index in [9.17, 15) is 14.4 Å². The van der Waals surface area contributed by atoms with E-state index < -0.39 is 0 Å². The van der Waals surface area contributed by atoms with Crippen molar-refractivity contribution in [1.29, 1.82) is 0 Å². The van der Waals surface area contributed by atoms with Gasteiger partial charge in [0, 0.05) is 7.05 Å². The molecular formula is C17H11N3O3. The highest BCUT2D eigenvalue weighted by molar-refractivity contribution is 6.34. The average Bonchev–Trinajstić information content (AvgIpc) is 2.83. The Morgan fingerprint density at radius 1 is 0.913 bits per heavy atom. The van der Waals surface area contributed by atoms with E-state index in [1.807, 2.05) is 0 Å². The molecule has 0 bridgehead atoms. The Morgan fingerprint density at radius 3 is 2.22 bits per heavy atom. The number of carbonyl (C=O) groups is 2. The van der Waals surface area contributed by atoms with Gasteiger partial charge in [0.05, 0.1) is 34.0 Å². The smallest absolute Gasteiger partial charge is 0.266 e. The number of anilines is 1. The second kappa shape index (κ2) is 4.61. The number of aryl methyl sites for hydroxylation is 1. The van der Waals surface area contributed by atoms with Crippen molar-refractivity contribution in [3.05, 3.63) is 70.3 Å². The van der Waals surface area contributed by atoms with E-state index in [-0.39, 0.29) is 17.4 Å². The van der Waals surface area contributed by atoms with Crippen molar-refractivity contribution < 1.29 is 9.59 Å². The number of aromatic nitrogens is 2. The van der Waals surface area contributed by atoms with Crippen LogP contribution in [0.3, 0.4) is 0 Å². The summed E-state index contributed by atoms with van der Waals surface area (Å²) in [5, 5.41) is 0.365. The van der Waals surface area contributed by atoms with E-state index in [0.29, 0.717) is 27.7 Å². The van der Waals surface area contributed by atoms with Gasteiger partial charge in [-0.1, -0.05) is 12.1 Å². The molecule has 3 aromatic rings. The molecule has 2 amide bonds. The molecule has 6 heteroatoms. The van der Waals surface area contributed by atoms with Crippen molar-refractivity contribution in [3.8, 4) is 0 Å². The SMILES string of the molecule is Cn1cnc2ccc(N3C(=O)c4ccccc4C3=O)cc2c1=O. The van der Waals surface area contributed by atoms with Gasteiger partial charge in [-0.15, -0.1) is 0 Å². The molecule has 0 saturated heterocycles. The molecule has 0 fully saturated rings. The molecule has 2 heterocycles. The molecule has 0 radical (unpaired) electrons. The maximum Gasteiger partial charge on any atom is 0.266 e. The van der Waals surface area contributed by atoms with Crippen LogP contribution in [-0.2, 0) is 7.05 Å². The Kier molecular flexibility index (Phi) is 2.68. The van der Waals surface area contributed by atoms with E-state index >= 15 is 0 Å². The summed E-state index contributed by atoms with van der Waals surface area (Å²) in [6.45, 7) is 0. The molecule has 4 rings (SSSR count). The number of hydrogen-bond acceptors (Lipinski definition) is 4. The second-order valence-electron chi connectivity index (χ2n) is 5.35. The van der Waals surface area contributed by atoms with Crippen LogP contribution in [0.4, 0.5) is 5.69 Å². The molecule has 0 spiro atoms. The van der Waals surface area contributed by atoms with Crippen molar-refractivity contribution in [3.63, 3.8) is 0 Å². The summed E-state index contributed by atoms with van der Waals surface area (Å²) in [4.78, 5) is 42.5. The maximum absolute atomic E-state index is 12.5. The van der Waals surface area contributed by atoms with Gasteiger partial charge in [-0.3, -0.25) is 14.4 Å². The van der Waals surface area contributed by atoms with Gasteiger partial charge in [0.25, 0.3) is 17.4 Å². The number of imide groups is 1. The molecule has 2 aromatic carbocycles. The first-order valence-corrected chi connectivity index (χ1v) is 7.01. The average molecular weight is 305 g/mol. The summed E-state index contributed by atoms with van der Waals surface area (Å²) in [7, 11) is 1.60. The van der Waals surface area contributed by atoms with E-state index in [4.69, 9.17) is 0 Å². The lowest BCUT2D eigenvalue weighted by molar-refractivity contribution is 0.0926. The first-order valence-electron chi connectivity index (χ1n) is 7.01. The molecule has 0 aliphatic carbocycles. The highest BCUT2D eigenvalue weighted by Gasteiger charge is 2.36. The summed E-state index contributed by atoms with van der Waals surface area (Å²) >= 11 is 0. The highest BCUT2D eigenvalue weighted by Crippen LogP contribution is 2.29. The third-order valence-corrected chi connectivity index (χ3v) is 3.95. The number of amides is 2. The lowest BCUT2D eigenvalue weighted by atomic mass is 10.1. The second-order valence-corrected chi connectivity index (χ2v) is 5.35. The lowest BCUT2D eigenvalue weighted by Crippen LogP contribution is -2.29. The molecule has 6 nitrogen and oxygen atoms in total. The molecule has 0 atom stereocenters. The van der Waals surface area contributed by atoms with Crippen LogP contribution in [0.1, 0.15) is 20.7 Å². The monoisotopic (exact) mass is 305 g/mol. The van der Waals surface area contributed by atoms with Gasteiger partial charge in [0.2, 0.25) is 0 Å². The minimum absolute atomic E-state index is 0.228. The zero-order chi connectivity index (χ0) is 16.1. The number of carbonyl (C=O) groups excluding carboxylic acids is 2. The summed E-state index contributed by atoms with van der Waals surface area (Å²) in [6, 6.07) is 11.5. The Labute approximate surface area is 130 Å². The van der Waals surface area contributed by atoms with Gasteiger partial charge < -0.3 is 4.57 Å². The third kappa shape index (κ3) is 1.81. The van der Waals surface area contributed by atoms with Crippen LogP contribution in [0.5, 0.6) is 0 Å². The minimum Gasteiger partial charge on any atom is -0.302 e. The number of nitrogens with zero attached hydrogens (tertiary/aromatic N) is 3. The third-order valence-electron chi connectivity index (χ3n) is 3.95. The molecule has 23 heavy (non-hydrogen) atoms. The van der Waals surface area contributed by atoms with Crippen LogP contribution in [0, 0.1) is 0 Å². The van der Waals surface area contributed by atoms with Crippen molar-refractivity contribution in [2.45, 2.75) is 0 Å². The van der Waals surface area contributed by atoms with Crippen molar-refractivity contribution >= 4 is 28.4 Å². The van der Waals surface area contributed by atoms with Crippen LogP contribution < -0.4 is 10.5 Å². The van der Waals surface area contributed by atoms with Gasteiger partial charge in [-0.05, 0) is 30.3 Å². The molecule has 1 aromatic heterocycles. The molecule has 0 N–H and O–H groups in total. The maximum atomic E-state index is 12.5. The Hall–Kier alpha value is -3.28. The molecule has 112 valence electrons. The van der Waals surface area contributed by atoms with Crippen LogP contribution in [0.2, 0.25) is 0 Å². The van der Waals surface area contributed by atoms with E-state index in [2.05, 4.69) is 4.98 Å². The van der Waals surface area contributed by atoms with Crippen LogP contribution in [0.25, 0.3) is 10.9 Å². The fourth-order valence-corrected chi connectivity index (χ4v) is 2.76. The highest BCUT2D eigenvalue weighted by atomic mass is 16.2. The standard InChI is InChI=1S/C17H11N3O3/c1-19-9-18-14-7-6-10(8-13(14)15(19)21)20-16(22)11-4-2-3-5-12(11)17(20)23/h2-9H,1H3. The molecule has 0 unspecified atom stereocenters. The zero-order valence-electron chi connectivity index (χ0n) is 12.2. The van der Waals surface area contributed by atoms with Crippen molar-refractivity contribution in [2.24, 2.45) is 7.05 Å². The van der Waals surface area contributed by atoms with Crippen LogP contribution in [0.15, 0.2) is 53.6 Å². The predicted octanol–water partition coefficient (Wildman–Crippen LogP) is 1.73. The van der Waals surface area contributed by atoms with E-state index in [1.165, 1.54) is 17.0 Å². The lowest BCUT2D eigenvalue weighted by Gasteiger charge is -2.14. The Bertz CT molecular complexity index is 1020. The number of rotatable bonds is 1. The zero-order valence-corrected chi connectivity index (χ0v) is 12.2. The number of fused-ring (bicyclic) bond motifs is 2. The summed E-state index contributed by atoms with van der Waals surface area (Å²) < 4.78 is 1.36. The fourth-order valence-electron chi connectivity index (χ4n) is 2.76. The van der Waals surface area contributed by atoms with Gasteiger partial charge in [0.1, 0.15) is 0 Å². The largest absolute Gasteiger partial charge is 0.302 e. The first kappa shape index (κ1) is 13.4. The topological polar surface area (TPSA) is 72.3 Å². The predicted molar refractivity (Wildman–Crippen MR) is 84.6 cm³/mol. The summed E-state index contributed by atoms with van der Waals surface area (Å²) in [5.41, 5.74) is 1.41. The van der Waals surface area contributed by atoms with Gasteiger partial charge in [-0.25, -0.2) is 9.88 Å².